The number of rotatable bonds is 4. The van der Waals surface area contributed by atoms with Gasteiger partial charge in [0.15, 0.2) is 0 Å². The van der Waals surface area contributed by atoms with Gasteiger partial charge in [0.1, 0.15) is 0 Å². The highest BCUT2D eigenvalue weighted by atomic mass is 16.1. The molecule has 0 spiro atoms. The van der Waals surface area contributed by atoms with Gasteiger partial charge in [-0.1, -0.05) is 6.07 Å². The van der Waals surface area contributed by atoms with Gasteiger partial charge < -0.3 is 11.1 Å². The van der Waals surface area contributed by atoms with Gasteiger partial charge in [0.25, 0.3) is 5.91 Å². The van der Waals surface area contributed by atoms with Gasteiger partial charge in [0, 0.05) is 30.2 Å². The normalized spacial score (nSPS) is 10.2. The molecule has 1 amide bonds. The molecular weight excluding hydrogens is 238 g/mol. The third-order valence-corrected chi connectivity index (χ3v) is 2.95. The van der Waals surface area contributed by atoms with Crippen LogP contribution in [-0.4, -0.2) is 17.4 Å². The molecule has 0 saturated heterocycles. The van der Waals surface area contributed by atoms with E-state index in [-0.39, 0.29) is 5.91 Å². The first-order valence-electron chi connectivity index (χ1n) is 6.20. The number of aryl methyl sites for hydroxylation is 1. The molecule has 2 aromatic rings. The molecule has 1 aromatic carbocycles. The van der Waals surface area contributed by atoms with Crippen LogP contribution < -0.4 is 11.1 Å². The highest BCUT2D eigenvalue weighted by Gasteiger charge is 2.08. The fourth-order valence-electron chi connectivity index (χ4n) is 1.85. The Morgan fingerprint density at radius 3 is 2.74 bits per heavy atom. The number of nitrogens with one attached hydrogen (secondary N) is 1. The molecule has 0 saturated carbocycles. The summed E-state index contributed by atoms with van der Waals surface area (Å²) in [5, 5.41) is 2.90. The Hall–Kier alpha value is -2.36. The Balaban J connectivity index is 1.93. The van der Waals surface area contributed by atoms with Crippen LogP contribution in [0.2, 0.25) is 0 Å². The van der Waals surface area contributed by atoms with E-state index in [1.807, 2.05) is 25.1 Å². The van der Waals surface area contributed by atoms with Crippen molar-refractivity contribution in [3.8, 4) is 0 Å². The third kappa shape index (κ3) is 3.55. The van der Waals surface area contributed by atoms with Crippen molar-refractivity contribution in [2.45, 2.75) is 13.3 Å². The van der Waals surface area contributed by atoms with Crippen molar-refractivity contribution >= 4 is 11.6 Å². The molecule has 19 heavy (non-hydrogen) atoms. The summed E-state index contributed by atoms with van der Waals surface area (Å²) in [5.41, 5.74) is 9.01. The number of nitrogens with two attached hydrogens (primary N) is 1. The molecule has 3 N–H and O–H groups in total. The molecule has 0 atom stereocenters. The second-order valence-corrected chi connectivity index (χ2v) is 4.44. The number of pyridine rings is 1. The van der Waals surface area contributed by atoms with E-state index in [4.69, 9.17) is 5.73 Å². The second-order valence-electron chi connectivity index (χ2n) is 4.44. The summed E-state index contributed by atoms with van der Waals surface area (Å²) in [4.78, 5) is 16.0. The number of aromatic nitrogens is 1. The summed E-state index contributed by atoms with van der Waals surface area (Å²) in [6.07, 6.45) is 4.29. The van der Waals surface area contributed by atoms with E-state index in [0.29, 0.717) is 17.8 Å². The smallest absolute Gasteiger partial charge is 0.251 e. The van der Waals surface area contributed by atoms with Gasteiger partial charge in [0.05, 0.1) is 0 Å². The molecule has 0 bridgehead atoms. The van der Waals surface area contributed by atoms with Crippen LogP contribution in [0.25, 0.3) is 0 Å². The zero-order valence-corrected chi connectivity index (χ0v) is 10.9. The summed E-state index contributed by atoms with van der Waals surface area (Å²) < 4.78 is 0. The predicted octanol–water partition coefficient (Wildman–Crippen LogP) is 1.94. The van der Waals surface area contributed by atoms with Gasteiger partial charge in [-0.25, -0.2) is 0 Å². The first-order chi connectivity index (χ1) is 9.16. The highest BCUT2D eigenvalue weighted by Crippen LogP contribution is 2.12. The number of nitrogens with zero attached hydrogens (tertiary/aromatic N) is 1. The summed E-state index contributed by atoms with van der Waals surface area (Å²) in [6, 6.07) is 9.24. The van der Waals surface area contributed by atoms with E-state index in [9.17, 15) is 4.79 Å². The summed E-state index contributed by atoms with van der Waals surface area (Å²) in [5.74, 6) is -0.0844. The first-order valence-corrected chi connectivity index (χ1v) is 6.20. The van der Waals surface area contributed by atoms with Crippen molar-refractivity contribution in [2.75, 3.05) is 12.3 Å². The first kappa shape index (κ1) is 13.1. The number of benzene rings is 1. The average molecular weight is 255 g/mol. The monoisotopic (exact) mass is 255 g/mol. The number of hydrogen-bond acceptors (Lipinski definition) is 3. The molecule has 0 unspecified atom stereocenters. The van der Waals surface area contributed by atoms with Crippen LogP contribution in [0.4, 0.5) is 5.69 Å². The van der Waals surface area contributed by atoms with E-state index in [2.05, 4.69) is 10.3 Å². The molecule has 0 aliphatic heterocycles. The van der Waals surface area contributed by atoms with E-state index in [0.717, 1.165) is 17.5 Å². The topological polar surface area (TPSA) is 68.0 Å². The van der Waals surface area contributed by atoms with Gasteiger partial charge in [0.2, 0.25) is 0 Å². The molecule has 1 heterocycles. The molecule has 4 heteroatoms. The standard InChI is InChI=1S/C15H17N3O/c1-11-2-3-13(16)10-14(11)15(19)18-9-6-12-4-7-17-8-5-12/h2-5,7-8,10H,6,9,16H2,1H3,(H,18,19). The molecule has 0 aliphatic rings. The lowest BCUT2D eigenvalue weighted by atomic mass is 10.1. The van der Waals surface area contributed by atoms with Crippen LogP contribution >= 0.6 is 0 Å². The molecule has 4 nitrogen and oxygen atoms in total. The lowest BCUT2D eigenvalue weighted by Crippen LogP contribution is -2.26. The lowest BCUT2D eigenvalue weighted by molar-refractivity contribution is 0.0953. The van der Waals surface area contributed by atoms with Gasteiger partial charge in [-0.15, -0.1) is 0 Å². The Bertz CT molecular complexity index is 567. The number of carbonyl (C=O) groups excluding carboxylic acids is 1. The SMILES string of the molecule is Cc1ccc(N)cc1C(=O)NCCc1ccncc1. The summed E-state index contributed by atoms with van der Waals surface area (Å²) in [7, 11) is 0. The number of carbonyl (C=O) groups is 1. The van der Waals surface area contributed by atoms with Crippen molar-refractivity contribution in [1.82, 2.24) is 10.3 Å². The van der Waals surface area contributed by atoms with Gasteiger partial charge >= 0.3 is 0 Å². The Labute approximate surface area is 112 Å². The Kier molecular flexibility index (Phi) is 4.13. The largest absolute Gasteiger partial charge is 0.399 e. The van der Waals surface area contributed by atoms with Crippen LogP contribution in [0.5, 0.6) is 0 Å². The Morgan fingerprint density at radius 1 is 1.26 bits per heavy atom. The zero-order chi connectivity index (χ0) is 13.7. The maximum atomic E-state index is 12.0. The van der Waals surface area contributed by atoms with Gasteiger partial charge in [-0.3, -0.25) is 9.78 Å². The van der Waals surface area contributed by atoms with Gasteiger partial charge in [-0.05, 0) is 48.7 Å². The van der Waals surface area contributed by atoms with Crippen molar-refractivity contribution < 1.29 is 4.79 Å². The van der Waals surface area contributed by atoms with E-state index in [1.165, 1.54) is 0 Å². The second kappa shape index (κ2) is 6.00. The number of amides is 1. The molecular formula is C15H17N3O. The van der Waals surface area contributed by atoms with Crippen LogP contribution in [0.15, 0.2) is 42.7 Å². The molecule has 0 fully saturated rings. The minimum Gasteiger partial charge on any atom is -0.399 e. The number of anilines is 1. The minimum atomic E-state index is -0.0844. The van der Waals surface area contributed by atoms with Crippen molar-refractivity contribution in [3.63, 3.8) is 0 Å². The summed E-state index contributed by atoms with van der Waals surface area (Å²) in [6.45, 7) is 2.49. The fourth-order valence-corrected chi connectivity index (χ4v) is 1.85. The average Bonchev–Trinajstić information content (AvgIpc) is 2.42. The van der Waals surface area contributed by atoms with Crippen LogP contribution in [0, 0.1) is 6.92 Å². The summed E-state index contributed by atoms with van der Waals surface area (Å²) >= 11 is 0. The fraction of sp³-hybridized carbons (Fsp3) is 0.200. The minimum absolute atomic E-state index is 0.0844. The Morgan fingerprint density at radius 2 is 2.00 bits per heavy atom. The van der Waals surface area contributed by atoms with Crippen LogP contribution in [0.1, 0.15) is 21.5 Å². The van der Waals surface area contributed by atoms with E-state index >= 15 is 0 Å². The quantitative estimate of drug-likeness (QED) is 0.820. The lowest BCUT2D eigenvalue weighted by Gasteiger charge is -2.08. The number of nitrogen functional groups attached to an aromatic ring is 1. The molecule has 0 aliphatic carbocycles. The molecule has 1 aromatic heterocycles. The highest BCUT2D eigenvalue weighted by molar-refractivity contribution is 5.96. The molecule has 98 valence electrons. The maximum absolute atomic E-state index is 12.0. The molecule has 2 rings (SSSR count). The third-order valence-electron chi connectivity index (χ3n) is 2.95. The predicted molar refractivity (Wildman–Crippen MR) is 75.9 cm³/mol. The van der Waals surface area contributed by atoms with Crippen LogP contribution in [0.3, 0.4) is 0 Å². The zero-order valence-electron chi connectivity index (χ0n) is 10.9. The molecule has 0 radical (unpaired) electrons. The van der Waals surface area contributed by atoms with Crippen LogP contribution in [-0.2, 0) is 6.42 Å². The van der Waals surface area contributed by atoms with Crippen molar-refractivity contribution in [3.05, 3.63) is 59.4 Å². The number of hydrogen-bond donors (Lipinski definition) is 2. The van der Waals surface area contributed by atoms with E-state index < -0.39 is 0 Å². The van der Waals surface area contributed by atoms with Crippen molar-refractivity contribution in [1.29, 1.82) is 0 Å². The van der Waals surface area contributed by atoms with E-state index in [1.54, 1.807) is 24.5 Å². The van der Waals surface area contributed by atoms with Gasteiger partial charge in [-0.2, -0.15) is 0 Å². The van der Waals surface area contributed by atoms with Crippen molar-refractivity contribution in [2.24, 2.45) is 0 Å². The maximum Gasteiger partial charge on any atom is 0.251 e.